The number of amides is 1. The largest absolute Gasteiger partial charge is 0.417 e. The molecule has 0 aliphatic rings. The number of nitrogens with one attached hydrogen (secondary N) is 1. The zero-order valence-electron chi connectivity index (χ0n) is 13.3. The molecule has 1 aromatic carbocycles. The summed E-state index contributed by atoms with van der Waals surface area (Å²) >= 11 is 7.04. The highest BCUT2D eigenvalue weighted by molar-refractivity contribution is 7.14. The third-order valence-electron chi connectivity index (χ3n) is 3.53. The first-order valence-electron chi connectivity index (χ1n) is 7.31. The number of carbonyl (C=O) groups excluding carboxylic acids is 1. The van der Waals surface area contributed by atoms with Gasteiger partial charge >= 0.3 is 6.18 Å². The quantitative estimate of drug-likeness (QED) is 0.640. The first kappa shape index (κ1) is 18.3. The van der Waals surface area contributed by atoms with E-state index in [1.807, 2.05) is 19.1 Å². The third kappa shape index (κ3) is 3.86. The molecule has 0 radical (unpaired) electrons. The molecule has 0 saturated heterocycles. The van der Waals surface area contributed by atoms with Crippen molar-refractivity contribution in [2.24, 2.45) is 0 Å². The number of benzene rings is 1. The van der Waals surface area contributed by atoms with E-state index in [4.69, 9.17) is 11.6 Å². The van der Waals surface area contributed by atoms with Crippen molar-refractivity contribution in [3.63, 3.8) is 0 Å². The molecule has 0 aliphatic carbocycles. The second kappa shape index (κ2) is 7.05. The van der Waals surface area contributed by atoms with Crippen molar-refractivity contribution in [1.82, 2.24) is 9.97 Å². The monoisotopic (exact) mass is 397 g/mol. The van der Waals surface area contributed by atoms with Gasteiger partial charge in [0.2, 0.25) is 0 Å². The first-order chi connectivity index (χ1) is 12.3. The molecule has 4 nitrogen and oxygen atoms in total. The minimum absolute atomic E-state index is 0.118. The van der Waals surface area contributed by atoms with Crippen LogP contribution in [0.3, 0.4) is 0 Å². The topological polar surface area (TPSA) is 54.9 Å². The van der Waals surface area contributed by atoms with Crippen molar-refractivity contribution < 1.29 is 18.0 Å². The molecule has 0 saturated carbocycles. The van der Waals surface area contributed by atoms with Gasteiger partial charge in [0.1, 0.15) is 11.4 Å². The number of thiazole rings is 1. The number of halogens is 4. The first-order valence-corrected chi connectivity index (χ1v) is 8.57. The molecule has 134 valence electrons. The Morgan fingerprint density at radius 1 is 1.27 bits per heavy atom. The summed E-state index contributed by atoms with van der Waals surface area (Å²) < 4.78 is 38.1. The molecule has 9 heteroatoms. The van der Waals surface area contributed by atoms with E-state index in [2.05, 4.69) is 15.3 Å². The molecule has 0 bridgehead atoms. The van der Waals surface area contributed by atoms with Crippen LogP contribution < -0.4 is 5.32 Å². The van der Waals surface area contributed by atoms with Crippen LogP contribution in [0.1, 0.15) is 21.5 Å². The van der Waals surface area contributed by atoms with E-state index in [1.54, 1.807) is 17.5 Å². The van der Waals surface area contributed by atoms with Crippen molar-refractivity contribution in [3.8, 4) is 11.4 Å². The Hall–Kier alpha value is -2.45. The Morgan fingerprint density at radius 2 is 2.00 bits per heavy atom. The lowest BCUT2D eigenvalue weighted by Crippen LogP contribution is -2.13. The van der Waals surface area contributed by atoms with Crippen molar-refractivity contribution in [1.29, 1.82) is 0 Å². The van der Waals surface area contributed by atoms with Crippen LogP contribution in [-0.4, -0.2) is 15.9 Å². The molecular formula is C17H11ClF3N3OS. The van der Waals surface area contributed by atoms with Gasteiger partial charge in [-0.25, -0.2) is 4.98 Å². The Labute approximate surface area is 155 Å². The van der Waals surface area contributed by atoms with E-state index in [1.165, 1.54) is 0 Å². The average Bonchev–Trinajstić information content (AvgIpc) is 3.02. The molecule has 1 N–H and O–H groups in total. The summed E-state index contributed by atoms with van der Waals surface area (Å²) in [6.07, 6.45) is -3.82. The molecule has 3 rings (SSSR count). The molecule has 0 atom stereocenters. The number of aryl methyl sites for hydroxylation is 1. The molecular weight excluding hydrogens is 387 g/mol. The highest BCUT2D eigenvalue weighted by Gasteiger charge is 2.31. The van der Waals surface area contributed by atoms with Crippen LogP contribution in [-0.2, 0) is 6.18 Å². The number of anilines is 1. The number of hydrogen-bond donors (Lipinski definition) is 1. The van der Waals surface area contributed by atoms with Gasteiger partial charge in [0.15, 0.2) is 5.13 Å². The van der Waals surface area contributed by atoms with E-state index >= 15 is 0 Å². The molecule has 0 unspecified atom stereocenters. The van der Waals surface area contributed by atoms with Crippen molar-refractivity contribution >= 4 is 34.0 Å². The average molecular weight is 398 g/mol. The lowest BCUT2D eigenvalue weighted by Gasteiger charge is -2.08. The molecule has 0 spiro atoms. The van der Waals surface area contributed by atoms with E-state index in [-0.39, 0.29) is 22.3 Å². The predicted octanol–water partition coefficient (Wildman–Crippen LogP) is 5.44. The summed E-state index contributed by atoms with van der Waals surface area (Å²) in [6, 6.07) is 7.88. The summed E-state index contributed by atoms with van der Waals surface area (Å²) in [7, 11) is 0. The fourth-order valence-electron chi connectivity index (χ4n) is 2.21. The Morgan fingerprint density at radius 3 is 2.65 bits per heavy atom. The van der Waals surface area contributed by atoms with Gasteiger partial charge in [-0.3, -0.25) is 15.1 Å². The van der Waals surface area contributed by atoms with Gasteiger partial charge in [-0.1, -0.05) is 29.8 Å². The Bertz CT molecular complexity index is 972. The van der Waals surface area contributed by atoms with Gasteiger partial charge in [-0.05, 0) is 24.6 Å². The van der Waals surface area contributed by atoms with Crippen LogP contribution in [0.4, 0.5) is 18.3 Å². The van der Waals surface area contributed by atoms with Gasteiger partial charge in [-0.15, -0.1) is 11.3 Å². The zero-order valence-corrected chi connectivity index (χ0v) is 14.8. The third-order valence-corrected chi connectivity index (χ3v) is 4.57. The van der Waals surface area contributed by atoms with Gasteiger partial charge in [0.05, 0.1) is 10.6 Å². The number of aromatic nitrogens is 2. The second-order valence-corrected chi connectivity index (χ2v) is 6.62. The maximum Gasteiger partial charge on any atom is 0.417 e. The number of pyridine rings is 1. The number of carbonyl (C=O) groups is 1. The van der Waals surface area contributed by atoms with Crippen LogP contribution in [0.25, 0.3) is 11.4 Å². The summed E-state index contributed by atoms with van der Waals surface area (Å²) in [5.74, 6) is -0.324. The fraction of sp³-hybridized carbons (Fsp3) is 0.118. The van der Waals surface area contributed by atoms with Crippen molar-refractivity contribution in [3.05, 3.63) is 63.6 Å². The lowest BCUT2D eigenvalue weighted by atomic mass is 10.1. The number of hydrogen-bond acceptors (Lipinski definition) is 4. The van der Waals surface area contributed by atoms with Crippen LogP contribution in [0.5, 0.6) is 0 Å². The van der Waals surface area contributed by atoms with E-state index in [0.29, 0.717) is 16.9 Å². The van der Waals surface area contributed by atoms with E-state index in [0.717, 1.165) is 23.0 Å². The summed E-state index contributed by atoms with van der Waals surface area (Å²) in [6.45, 7) is 1.81. The molecule has 0 aliphatic heterocycles. The fourth-order valence-corrected chi connectivity index (χ4v) is 3.17. The number of alkyl halides is 3. The number of nitrogens with zero attached hydrogens (tertiary/aromatic N) is 2. The minimum atomic E-state index is -4.52. The van der Waals surface area contributed by atoms with Crippen LogP contribution in [0, 0.1) is 6.92 Å². The van der Waals surface area contributed by atoms with Gasteiger partial charge in [0.25, 0.3) is 5.91 Å². The number of rotatable bonds is 3. The maximum absolute atomic E-state index is 12.7. The predicted molar refractivity (Wildman–Crippen MR) is 94.5 cm³/mol. The maximum atomic E-state index is 12.7. The Kier molecular flexibility index (Phi) is 4.97. The summed E-state index contributed by atoms with van der Waals surface area (Å²) in [5.41, 5.74) is 0.792. The molecule has 2 aromatic heterocycles. The molecule has 0 fully saturated rings. The lowest BCUT2D eigenvalue weighted by molar-refractivity contribution is -0.137. The highest BCUT2D eigenvalue weighted by Crippen LogP contribution is 2.34. The van der Waals surface area contributed by atoms with Crippen LogP contribution in [0.15, 0.2) is 41.9 Å². The smallest absolute Gasteiger partial charge is 0.298 e. The molecule has 1 amide bonds. The van der Waals surface area contributed by atoms with Crippen molar-refractivity contribution in [2.45, 2.75) is 13.1 Å². The van der Waals surface area contributed by atoms with Crippen LogP contribution >= 0.6 is 22.9 Å². The standard InChI is InChI=1S/C17H11ClF3N3OS/c1-9-4-2-3-5-11(9)15(25)24-16-23-13(8-26-16)14-12(18)6-10(7-22-14)17(19,20)21/h2-8H,1H3,(H,23,24,25). The summed E-state index contributed by atoms with van der Waals surface area (Å²) in [4.78, 5) is 20.2. The van der Waals surface area contributed by atoms with E-state index in [9.17, 15) is 18.0 Å². The SMILES string of the molecule is Cc1ccccc1C(=O)Nc1nc(-c2ncc(C(F)(F)F)cc2Cl)cs1. The van der Waals surface area contributed by atoms with Crippen molar-refractivity contribution in [2.75, 3.05) is 5.32 Å². The highest BCUT2D eigenvalue weighted by atomic mass is 35.5. The van der Waals surface area contributed by atoms with Gasteiger partial charge in [-0.2, -0.15) is 13.2 Å². The zero-order chi connectivity index (χ0) is 18.9. The summed E-state index contributed by atoms with van der Waals surface area (Å²) in [5, 5.41) is 4.36. The molecule has 3 aromatic rings. The van der Waals surface area contributed by atoms with Crippen LogP contribution in [0.2, 0.25) is 5.02 Å². The van der Waals surface area contributed by atoms with E-state index < -0.39 is 11.7 Å². The second-order valence-electron chi connectivity index (χ2n) is 5.36. The normalized spacial score (nSPS) is 11.4. The minimum Gasteiger partial charge on any atom is -0.298 e. The molecule has 2 heterocycles. The molecule has 26 heavy (non-hydrogen) atoms. The van der Waals surface area contributed by atoms with Gasteiger partial charge in [0, 0.05) is 17.1 Å². The Balaban J connectivity index is 1.82. The van der Waals surface area contributed by atoms with Gasteiger partial charge < -0.3 is 0 Å².